The number of rotatable bonds is 1. The molecule has 1 heterocycles. The van der Waals surface area contributed by atoms with E-state index < -0.39 is 0 Å². The van der Waals surface area contributed by atoms with Crippen LogP contribution in [0.5, 0.6) is 0 Å². The highest BCUT2D eigenvalue weighted by molar-refractivity contribution is 5.32. The van der Waals surface area contributed by atoms with Crippen LogP contribution in [0.1, 0.15) is 30.5 Å². The topological polar surface area (TPSA) is 35.2 Å². The summed E-state index contributed by atoms with van der Waals surface area (Å²) in [6.07, 6.45) is 0.876. The fourth-order valence-electron chi connectivity index (χ4n) is 1.88. The van der Waals surface area contributed by atoms with Crippen molar-refractivity contribution in [1.29, 1.82) is 0 Å². The van der Waals surface area contributed by atoms with E-state index >= 15 is 0 Å². The van der Waals surface area contributed by atoms with Crippen LogP contribution in [0.15, 0.2) is 18.2 Å². The Labute approximate surface area is 82.9 Å². The molecule has 2 nitrogen and oxygen atoms in total. The molecule has 1 aliphatic heterocycles. The van der Waals surface area contributed by atoms with Gasteiger partial charge in [0.25, 0.3) is 0 Å². The fourth-order valence-corrected chi connectivity index (χ4v) is 1.88. The second kappa shape index (κ2) is 3.67. The minimum atomic E-state index is -0.226. The Hall–Kier alpha value is -0.930. The molecule has 2 atom stereocenters. The van der Waals surface area contributed by atoms with E-state index in [0.717, 1.165) is 17.5 Å². The summed E-state index contributed by atoms with van der Waals surface area (Å²) in [4.78, 5) is 0. The van der Waals surface area contributed by atoms with Gasteiger partial charge in [0, 0.05) is 0 Å². The zero-order valence-corrected chi connectivity index (χ0v) is 8.16. The molecule has 2 N–H and O–H groups in total. The van der Waals surface area contributed by atoms with Gasteiger partial charge in [-0.15, -0.1) is 0 Å². The van der Waals surface area contributed by atoms with Crippen LogP contribution in [0.3, 0.4) is 0 Å². The fraction of sp³-hybridized carbons (Fsp3) is 0.455. The average molecular weight is 195 g/mol. The third-order valence-corrected chi connectivity index (χ3v) is 2.72. The van der Waals surface area contributed by atoms with Crippen molar-refractivity contribution < 1.29 is 9.13 Å². The average Bonchev–Trinajstić information content (AvgIpc) is 2.20. The summed E-state index contributed by atoms with van der Waals surface area (Å²) >= 11 is 0. The quantitative estimate of drug-likeness (QED) is 0.745. The number of benzene rings is 1. The maximum absolute atomic E-state index is 13.0. The van der Waals surface area contributed by atoms with Crippen molar-refractivity contribution in [3.05, 3.63) is 35.1 Å². The van der Waals surface area contributed by atoms with Gasteiger partial charge in [0.05, 0.1) is 18.8 Å². The molecule has 0 spiro atoms. The smallest absolute Gasteiger partial charge is 0.123 e. The molecule has 0 aromatic heterocycles. The van der Waals surface area contributed by atoms with Gasteiger partial charge in [-0.05, 0) is 29.7 Å². The zero-order valence-electron chi connectivity index (χ0n) is 8.16. The van der Waals surface area contributed by atoms with Gasteiger partial charge in [0.1, 0.15) is 5.82 Å². The molecule has 1 aromatic carbocycles. The summed E-state index contributed by atoms with van der Waals surface area (Å²) in [5, 5.41) is 0. The molecule has 0 saturated carbocycles. The lowest BCUT2D eigenvalue weighted by atomic mass is 9.93. The van der Waals surface area contributed by atoms with E-state index in [9.17, 15) is 4.39 Å². The molecule has 1 aromatic rings. The van der Waals surface area contributed by atoms with Crippen molar-refractivity contribution in [2.45, 2.75) is 32.1 Å². The molecule has 0 saturated heterocycles. The summed E-state index contributed by atoms with van der Waals surface area (Å²) in [7, 11) is 0. The summed E-state index contributed by atoms with van der Waals surface area (Å²) < 4.78 is 18.6. The second-order valence-electron chi connectivity index (χ2n) is 3.63. The first-order valence-electron chi connectivity index (χ1n) is 4.88. The van der Waals surface area contributed by atoms with E-state index in [1.54, 1.807) is 6.07 Å². The first-order chi connectivity index (χ1) is 6.72. The molecule has 3 heteroatoms. The molecule has 0 bridgehead atoms. The van der Waals surface area contributed by atoms with Crippen LogP contribution in [0, 0.1) is 5.82 Å². The number of hydrogen-bond acceptors (Lipinski definition) is 2. The van der Waals surface area contributed by atoms with E-state index in [1.807, 2.05) is 6.92 Å². The van der Waals surface area contributed by atoms with E-state index in [1.165, 1.54) is 12.1 Å². The highest BCUT2D eigenvalue weighted by atomic mass is 19.1. The largest absolute Gasteiger partial charge is 0.372 e. The summed E-state index contributed by atoms with van der Waals surface area (Å²) in [5.41, 5.74) is 7.87. The van der Waals surface area contributed by atoms with Gasteiger partial charge in [0.2, 0.25) is 0 Å². The van der Waals surface area contributed by atoms with Gasteiger partial charge in [0.15, 0.2) is 0 Å². The van der Waals surface area contributed by atoms with Gasteiger partial charge in [-0.25, -0.2) is 4.39 Å². The molecular weight excluding hydrogens is 181 g/mol. The predicted octanol–water partition coefficient (Wildman–Crippen LogP) is 2.13. The van der Waals surface area contributed by atoms with Crippen LogP contribution >= 0.6 is 0 Å². The van der Waals surface area contributed by atoms with Crippen molar-refractivity contribution in [3.8, 4) is 0 Å². The van der Waals surface area contributed by atoms with Crippen molar-refractivity contribution in [2.24, 2.45) is 5.73 Å². The van der Waals surface area contributed by atoms with Crippen molar-refractivity contribution in [3.63, 3.8) is 0 Å². The minimum Gasteiger partial charge on any atom is -0.372 e. The van der Waals surface area contributed by atoms with Gasteiger partial charge < -0.3 is 10.5 Å². The van der Waals surface area contributed by atoms with Crippen LogP contribution in [0.2, 0.25) is 0 Å². The van der Waals surface area contributed by atoms with Crippen LogP contribution in [0.4, 0.5) is 4.39 Å². The molecule has 0 unspecified atom stereocenters. The Morgan fingerprint density at radius 1 is 1.57 bits per heavy atom. The lowest BCUT2D eigenvalue weighted by Gasteiger charge is -2.30. The molecule has 76 valence electrons. The van der Waals surface area contributed by atoms with E-state index in [0.29, 0.717) is 6.61 Å². The molecule has 0 radical (unpaired) electrons. The molecule has 14 heavy (non-hydrogen) atoms. The third-order valence-electron chi connectivity index (χ3n) is 2.72. The first-order valence-corrected chi connectivity index (χ1v) is 4.88. The van der Waals surface area contributed by atoms with E-state index in [2.05, 4.69) is 0 Å². The van der Waals surface area contributed by atoms with Gasteiger partial charge in [-0.3, -0.25) is 0 Å². The Morgan fingerprint density at radius 2 is 2.36 bits per heavy atom. The van der Waals surface area contributed by atoms with Gasteiger partial charge >= 0.3 is 0 Å². The van der Waals surface area contributed by atoms with Crippen LogP contribution in [0.25, 0.3) is 0 Å². The maximum atomic E-state index is 13.0. The van der Waals surface area contributed by atoms with E-state index in [4.69, 9.17) is 10.5 Å². The SMILES string of the molecule is CC[C@H]1OCc2ccc(F)cc2[C@H]1N. The van der Waals surface area contributed by atoms with Gasteiger partial charge in [-0.2, -0.15) is 0 Å². The highest BCUT2D eigenvalue weighted by Crippen LogP contribution is 2.29. The Bertz CT molecular complexity index is 340. The summed E-state index contributed by atoms with van der Waals surface area (Å²) in [5.74, 6) is -0.226. The molecule has 0 amide bonds. The normalized spacial score (nSPS) is 25.9. The molecule has 2 rings (SSSR count). The Kier molecular flexibility index (Phi) is 2.52. The number of hydrogen-bond donors (Lipinski definition) is 1. The van der Waals surface area contributed by atoms with Crippen LogP contribution < -0.4 is 5.73 Å². The third kappa shape index (κ3) is 1.53. The van der Waals surface area contributed by atoms with Crippen LogP contribution in [-0.2, 0) is 11.3 Å². The van der Waals surface area contributed by atoms with Crippen molar-refractivity contribution in [1.82, 2.24) is 0 Å². The molecule has 0 aliphatic carbocycles. The summed E-state index contributed by atoms with van der Waals surface area (Å²) in [6, 6.07) is 4.52. The molecule has 0 fully saturated rings. The van der Waals surface area contributed by atoms with Gasteiger partial charge in [-0.1, -0.05) is 13.0 Å². The number of halogens is 1. The maximum Gasteiger partial charge on any atom is 0.123 e. The number of ether oxygens (including phenoxy) is 1. The lowest BCUT2D eigenvalue weighted by molar-refractivity contribution is 0.00666. The standard InChI is InChI=1S/C11H14FNO/c1-2-10-11(13)9-5-8(12)4-3-7(9)6-14-10/h3-5,10-11H,2,6,13H2,1H3/t10-,11-/m1/s1. The first kappa shape index (κ1) is 9.62. The highest BCUT2D eigenvalue weighted by Gasteiger charge is 2.26. The van der Waals surface area contributed by atoms with Crippen molar-refractivity contribution >= 4 is 0 Å². The number of nitrogens with two attached hydrogens (primary N) is 1. The Balaban J connectivity index is 2.38. The monoisotopic (exact) mass is 195 g/mol. The zero-order chi connectivity index (χ0) is 10.1. The predicted molar refractivity (Wildman–Crippen MR) is 52.2 cm³/mol. The molecular formula is C11H14FNO. The molecule has 1 aliphatic rings. The lowest BCUT2D eigenvalue weighted by Crippen LogP contribution is -2.33. The van der Waals surface area contributed by atoms with E-state index in [-0.39, 0.29) is 18.0 Å². The second-order valence-corrected chi connectivity index (χ2v) is 3.63. The minimum absolute atomic E-state index is 0.0179. The summed E-state index contributed by atoms with van der Waals surface area (Å²) in [6.45, 7) is 2.57. The van der Waals surface area contributed by atoms with Crippen molar-refractivity contribution in [2.75, 3.05) is 0 Å². The van der Waals surface area contributed by atoms with Crippen LogP contribution in [-0.4, -0.2) is 6.10 Å². The Morgan fingerprint density at radius 3 is 3.07 bits per heavy atom. The number of fused-ring (bicyclic) bond motifs is 1.